The van der Waals surface area contributed by atoms with Gasteiger partial charge in [-0.25, -0.2) is 0 Å². The average molecular weight is 165 g/mol. The number of carbonyl (C=O) groups excluding carboxylic acids is 1. The van der Waals surface area contributed by atoms with Gasteiger partial charge in [0, 0.05) is 12.5 Å². The minimum Gasteiger partial charge on any atom is -0.307 e. The van der Waals surface area contributed by atoms with Crippen LogP contribution in [0.3, 0.4) is 0 Å². The third-order valence-corrected chi connectivity index (χ3v) is 2.84. The first-order valence-corrected chi connectivity index (χ1v) is 4.71. The molecule has 0 bridgehead atoms. The molecular formula is C10H15NO. The second-order valence-corrected chi connectivity index (χ2v) is 3.85. The molecule has 12 heavy (non-hydrogen) atoms. The van der Waals surface area contributed by atoms with Gasteiger partial charge in [-0.2, -0.15) is 0 Å². The first-order valence-electron chi connectivity index (χ1n) is 4.71. The highest BCUT2D eigenvalue weighted by molar-refractivity contribution is 5.89. The Morgan fingerprint density at radius 2 is 2.33 bits per heavy atom. The fraction of sp³-hybridized carbons (Fsp3) is 0.700. The van der Waals surface area contributed by atoms with E-state index in [4.69, 9.17) is 0 Å². The van der Waals surface area contributed by atoms with Gasteiger partial charge in [-0.15, -0.1) is 6.58 Å². The second kappa shape index (κ2) is 3.02. The molecule has 0 aromatic carbocycles. The fourth-order valence-corrected chi connectivity index (χ4v) is 1.95. The summed E-state index contributed by atoms with van der Waals surface area (Å²) in [6.45, 7) is 4.53. The number of allylic oxidation sites excluding steroid dienone is 1. The molecule has 2 rings (SSSR count). The van der Waals surface area contributed by atoms with Gasteiger partial charge >= 0.3 is 0 Å². The number of hydrogen-bond donors (Lipinski definition) is 1. The number of carbonyl (C=O) groups is 1. The summed E-state index contributed by atoms with van der Waals surface area (Å²) in [6, 6.07) is 0.190. The monoisotopic (exact) mass is 165 g/mol. The minimum atomic E-state index is 0.190. The first-order chi connectivity index (χ1) is 5.83. The number of Topliss-reactive ketones (excluding diaryl/α,β-unsaturated/α-hetero) is 1. The van der Waals surface area contributed by atoms with Crippen LogP contribution in [0.5, 0.6) is 0 Å². The average Bonchev–Trinajstić information content (AvgIpc) is 2.82. The summed E-state index contributed by atoms with van der Waals surface area (Å²) in [4.78, 5) is 11.7. The van der Waals surface area contributed by atoms with Crippen molar-refractivity contribution >= 4 is 5.78 Å². The Bertz CT molecular complexity index is 208. The van der Waals surface area contributed by atoms with Gasteiger partial charge in [-0.3, -0.25) is 4.79 Å². The summed E-state index contributed by atoms with van der Waals surface area (Å²) < 4.78 is 0. The van der Waals surface area contributed by atoms with Crippen LogP contribution in [0.25, 0.3) is 0 Å². The van der Waals surface area contributed by atoms with E-state index in [-0.39, 0.29) is 12.0 Å². The lowest BCUT2D eigenvalue weighted by molar-refractivity contribution is -0.122. The maximum absolute atomic E-state index is 11.7. The van der Waals surface area contributed by atoms with Crippen molar-refractivity contribution in [2.45, 2.75) is 25.3 Å². The van der Waals surface area contributed by atoms with Crippen LogP contribution in [0.2, 0.25) is 0 Å². The molecule has 0 radical (unpaired) electrons. The molecule has 1 N–H and O–H groups in total. The summed E-state index contributed by atoms with van der Waals surface area (Å²) in [7, 11) is 0. The van der Waals surface area contributed by atoms with Crippen molar-refractivity contribution in [1.82, 2.24) is 5.32 Å². The van der Waals surface area contributed by atoms with Gasteiger partial charge in [0.15, 0.2) is 5.78 Å². The van der Waals surface area contributed by atoms with Crippen LogP contribution in [0.4, 0.5) is 0 Å². The lowest BCUT2D eigenvalue weighted by atomic mass is 9.98. The Morgan fingerprint density at radius 1 is 1.58 bits per heavy atom. The van der Waals surface area contributed by atoms with E-state index >= 15 is 0 Å². The maximum atomic E-state index is 11.7. The van der Waals surface area contributed by atoms with Crippen molar-refractivity contribution in [2.24, 2.45) is 11.8 Å². The predicted octanol–water partition coefficient (Wildman–Crippen LogP) is 1.13. The summed E-state index contributed by atoms with van der Waals surface area (Å²) >= 11 is 0. The molecule has 0 spiro atoms. The van der Waals surface area contributed by atoms with Crippen LogP contribution < -0.4 is 5.32 Å². The number of rotatable bonds is 3. The van der Waals surface area contributed by atoms with Crippen LogP contribution in [-0.4, -0.2) is 18.4 Å². The summed E-state index contributed by atoms with van der Waals surface area (Å²) in [5.74, 6) is 1.30. The Labute approximate surface area is 73.0 Å². The van der Waals surface area contributed by atoms with Gasteiger partial charge in [-0.1, -0.05) is 6.08 Å². The van der Waals surface area contributed by atoms with Crippen molar-refractivity contribution < 1.29 is 4.79 Å². The molecule has 2 aliphatic rings. The molecular weight excluding hydrogens is 150 g/mol. The van der Waals surface area contributed by atoms with Gasteiger partial charge in [0.2, 0.25) is 0 Å². The molecule has 66 valence electrons. The quantitative estimate of drug-likeness (QED) is 0.635. The Hall–Kier alpha value is -0.630. The van der Waals surface area contributed by atoms with Crippen molar-refractivity contribution in [1.29, 1.82) is 0 Å². The number of hydrogen-bond acceptors (Lipinski definition) is 2. The van der Waals surface area contributed by atoms with Gasteiger partial charge in [0.05, 0.1) is 6.04 Å². The van der Waals surface area contributed by atoms with Gasteiger partial charge in [0.25, 0.3) is 0 Å². The molecule has 1 saturated carbocycles. The highest BCUT2D eigenvalue weighted by Crippen LogP contribution is 2.36. The SMILES string of the molecule is C=CCC1CNC(C2CC2)C1=O. The summed E-state index contributed by atoms with van der Waals surface area (Å²) in [6.07, 6.45) is 5.17. The Balaban J connectivity index is 1.95. The third-order valence-electron chi connectivity index (χ3n) is 2.84. The third kappa shape index (κ3) is 1.31. The van der Waals surface area contributed by atoms with Gasteiger partial charge in [-0.05, 0) is 25.2 Å². The van der Waals surface area contributed by atoms with Gasteiger partial charge in [0.1, 0.15) is 0 Å². The highest BCUT2D eigenvalue weighted by Gasteiger charge is 2.42. The van der Waals surface area contributed by atoms with Crippen LogP contribution in [0.1, 0.15) is 19.3 Å². The van der Waals surface area contributed by atoms with Crippen molar-refractivity contribution in [3.63, 3.8) is 0 Å². The van der Waals surface area contributed by atoms with Crippen LogP contribution in [0.15, 0.2) is 12.7 Å². The van der Waals surface area contributed by atoms with Gasteiger partial charge < -0.3 is 5.32 Å². The fourth-order valence-electron chi connectivity index (χ4n) is 1.95. The number of nitrogens with one attached hydrogen (secondary N) is 1. The smallest absolute Gasteiger partial charge is 0.154 e. The van der Waals surface area contributed by atoms with Crippen molar-refractivity contribution in [2.75, 3.05) is 6.54 Å². The van der Waals surface area contributed by atoms with E-state index in [9.17, 15) is 4.79 Å². The second-order valence-electron chi connectivity index (χ2n) is 3.85. The molecule has 2 nitrogen and oxygen atoms in total. The minimum absolute atomic E-state index is 0.190. The van der Waals surface area contributed by atoms with E-state index in [0.29, 0.717) is 11.7 Å². The molecule has 2 fully saturated rings. The normalized spacial score (nSPS) is 35.5. The molecule has 1 aliphatic carbocycles. The summed E-state index contributed by atoms with van der Waals surface area (Å²) in [5.41, 5.74) is 0. The summed E-state index contributed by atoms with van der Waals surface area (Å²) in [5, 5.41) is 3.31. The van der Waals surface area contributed by atoms with E-state index in [2.05, 4.69) is 11.9 Å². The van der Waals surface area contributed by atoms with E-state index in [0.717, 1.165) is 13.0 Å². The van der Waals surface area contributed by atoms with E-state index < -0.39 is 0 Å². The van der Waals surface area contributed by atoms with E-state index in [1.807, 2.05) is 6.08 Å². The highest BCUT2D eigenvalue weighted by atomic mass is 16.1. The van der Waals surface area contributed by atoms with E-state index in [1.54, 1.807) is 0 Å². The molecule has 1 aliphatic heterocycles. The zero-order chi connectivity index (χ0) is 8.55. The van der Waals surface area contributed by atoms with Crippen LogP contribution >= 0.6 is 0 Å². The Kier molecular flexibility index (Phi) is 2.01. The Morgan fingerprint density at radius 3 is 2.92 bits per heavy atom. The van der Waals surface area contributed by atoms with Crippen LogP contribution in [0, 0.1) is 11.8 Å². The molecule has 0 amide bonds. The molecule has 2 atom stereocenters. The zero-order valence-electron chi connectivity index (χ0n) is 7.25. The molecule has 1 saturated heterocycles. The standard InChI is InChI=1S/C10H15NO/c1-2-3-8-6-11-9(10(8)12)7-4-5-7/h2,7-9,11H,1,3-6H2. The van der Waals surface area contributed by atoms with Crippen molar-refractivity contribution in [3.05, 3.63) is 12.7 Å². The van der Waals surface area contributed by atoms with Crippen LogP contribution in [-0.2, 0) is 4.79 Å². The topological polar surface area (TPSA) is 29.1 Å². The van der Waals surface area contributed by atoms with E-state index in [1.165, 1.54) is 12.8 Å². The van der Waals surface area contributed by atoms with Crippen molar-refractivity contribution in [3.8, 4) is 0 Å². The lowest BCUT2D eigenvalue weighted by Crippen LogP contribution is -2.29. The maximum Gasteiger partial charge on any atom is 0.154 e. The molecule has 0 aromatic rings. The molecule has 0 aromatic heterocycles. The molecule has 2 heteroatoms. The first kappa shape index (κ1) is 7.99. The molecule has 1 heterocycles. The predicted molar refractivity (Wildman–Crippen MR) is 47.8 cm³/mol. The zero-order valence-corrected chi connectivity index (χ0v) is 7.25. The lowest BCUT2D eigenvalue weighted by Gasteiger charge is -2.06. The molecule has 2 unspecified atom stereocenters. The largest absolute Gasteiger partial charge is 0.307 e. The number of ketones is 1.